The Morgan fingerprint density at radius 1 is 0.840 bits per heavy atom. The molecule has 1 aliphatic heterocycles. The lowest BCUT2D eigenvalue weighted by atomic mass is 10.1. The van der Waals surface area contributed by atoms with Gasteiger partial charge in [0, 0.05) is 22.5 Å². The van der Waals surface area contributed by atoms with Gasteiger partial charge < -0.3 is 5.32 Å². The fourth-order valence-electron chi connectivity index (χ4n) is 3.35. The highest BCUT2D eigenvalue weighted by Gasteiger charge is 2.38. The zero-order valence-electron chi connectivity index (χ0n) is 14.4. The Bertz CT molecular complexity index is 931. The molecule has 0 saturated carbocycles. The molecule has 124 valence electrons. The van der Waals surface area contributed by atoms with Crippen LogP contribution in [0.3, 0.4) is 0 Å². The van der Waals surface area contributed by atoms with Gasteiger partial charge in [0.15, 0.2) is 0 Å². The molecule has 0 aromatic heterocycles. The van der Waals surface area contributed by atoms with Crippen molar-refractivity contribution in [2.75, 3.05) is 10.2 Å². The highest BCUT2D eigenvalue weighted by Crippen LogP contribution is 2.39. The van der Waals surface area contributed by atoms with E-state index in [1.807, 2.05) is 60.4 Å². The normalized spacial score (nSPS) is 16.0. The summed E-state index contributed by atoms with van der Waals surface area (Å²) in [6, 6.07) is 24.1. The fourth-order valence-corrected chi connectivity index (χ4v) is 3.35. The van der Waals surface area contributed by atoms with Gasteiger partial charge in [0.1, 0.15) is 6.17 Å². The maximum atomic E-state index is 13.1. The van der Waals surface area contributed by atoms with Crippen LogP contribution < -0.4 is 10.2 Å². The number of hydrogen-bond acceptors (Lipinski definition) is 2. The van der Waals surface area contributed by atoms with Crippen molar-refractivity contribution in [3.63, 3.8) is 0 Å². The first kappa shape index (κ1) is 15.5. The van der Waals surface area contributed by atoms with Crippen molar-refractivity contribution >= 4 is 17.3 Å². The van der Waals surface area contributed by atoms with Gasteiger partial charge in [-0.1, -0.05) is 54.1 Å². The van der Waals surface area contributed by atoms with Gasteiger partial charge in [-0.2, -0.15) is 0 Å². The molecule has 0 fully saturated rings. The molecule has 3 aromatic carbocycles. The number of rotatable bonds is 3. The molecule has 1 atom stereocenters. The molecule has 0 saturated heterocycles. The fraction of sp³-hybridized carbons (Fsp3) is 0.136. The maximum absolute atomic E-state index is 13.1. The van der Waals surface area contributed by atoms with Crippen LogP contribution in [0, 0.1) is 13.8 Å². The molecule has 4 rings (SSSR count). The van der Waals surface area contributed by atoms with E-state index >= 15 is 0 Å². The number of anilines is 2. The molecule has 0 bridgehead atoms. The number of hydrogen-bond donors (Lipinski definition) is 1. The quantitative estimate of drug-likeness (QED) is 0.727. The molecule has 0 unspecified atom stereocenters. The minimum Gasteiger partial charge on any atom is -0.361 e. The first-order chi connectivity index (χ1) is 12.1. The molecule has 25 heavy (non-hydrogen) atoms. The van der Waals surface area contributed by atoms with Crippen LogP contribution in [0.2, 0.25) is 0 Å². The molecule has 1 heterocycles. The molecule has 3 aromatic rings. The number of fused-ring (bicyclic) bond motifs is 1. The van der Waals surface area contributed by atoms with Crippen LogP contribution in [-0.2, 0) is 0 Å². The highest BCUT2D eigenvalue weighted by molar-refractivity contribution is 6.11. The van der Waals surface area contributed by atoms with Crippen LogP contribution >= 0.6 is 0 Å². The van der Waals surface area contributed by atoms with Gasteiger partial charge >= 0.3 is 0 Å². The van der Waals surface area contributed by atoms with Crippen molar-refractivity contribution in [1.29, 1.82) is 0 Å². The third-order valence-corrected chi connectivity index (χ3v) is 4.69. The average molecular weight is 328 g/mol. The molecular formula is C22H20N2O. The van der Waals surface area contributed by atoms with E-state index in [1.165, 1.54) is 5.56 Å². The third-order valence-electron chi connectivity index (χ3n) is 4.69. The summed E-state index contributed by atoms with van der Waals surface area (Å²) in [5.41, 5.74) is 6.00. The molecule has 0 aliphatic carbocycles. The molecule has 0 spiro atoms. The second-order valence-corrected chi connectivity index (χ2v) is 6.46. The van der Waals surface area contributed by atoms with E-state index in [0.717, 1.165) is 28.1 Å². The zero-order valence-corrected chi connectivity index (χ0v) is 14.4. The van der Waals surface area contributed by atoms with Crippen molar-refractivity contribution in [2.24, 2.45) is 0 Å². The Hall–Kier alpha value is -3.07. The van der Waals surface area contributed by atoms with Crippen molar-refractivity contribution in [3.8, 4) is 0 Å². The summed E-state index contributed by atoms with van der Waals surface area (Å²) >= 11 is 0. The summed E-state index contributed by atoms with van der Waals surface area (Å²) in [5, 5.41) is 3.54. The summed E-state index contributed by atoms with van der Waals surface area (Å²) in [6.45, 7) is 4.10. The van der Waals surface area contributed by atoms with E-state index in [0.29, 0.717) is 0 Å². The molecule has 1 amide bonds. The van der Waals surface area contributed by atoms with Crippen molar-refractivity contribution < 1.29 is 4.79 Å². The largest absolute Gasteiger partial charge is 0.361 e. The Morgan fingerprint density at radius 2 is 1.52 bits per heavy atom. The van der Waals surface area contributed by atoms with E-state index in [1.54, 1.807) is 0 Å². The average Bonchev–Trinajstić information content (AvgIpc) is 2.90. The molecule has 3 heteroatoms. The summed E-state index contributed by atoms with van der Waals surface area (Å²) in [4.78, 5) is 15.0. The van der Waals surface area contributed by atoms with E-state index in [9.17, 15) is 4.79 Å². The van der Waals surface area contributed by atoms with Crippen molar-refractivity contribution in [2.45, 2.75) is 20.0 Å². The Kier molecular flexibility index (Phi) is 3.77. The molecule has 0 radical (unpaired) electrons. The van der Waals surface area contributed by atoms with E-state index < -0.39 is 0 Å². The van der Waals surface area contributed by atoms with Crippen LogP contribution in [0.15, 0.2) is 72.8 Å². The van der Waals surface area contributed by atoms with Crippen LogP contribution in [0.5, 0.6) is 0 Å². The number of amides is 1. The lowest BCUT2D eigenvalue weighted by Gasteiger charge is -2.28. The van der Waals surface area contributed by atoms with Crippen LogP contribution in [-0.4, -0.2) is 5.91 Å². The minimum absolute atomic E-state index is 0.0366. The second kappa shape index (κ2) is 6.10. The molecule has 1 N–H and O–H groups in total. The van der Waals surface area contributed by atoms with E-state index in [4.69, 9.17) is 0 Å². The number of nitrogens with one attached hydrogen (secondary N) is 1. The summed E-state index contributed by atoms with van der Waals surface area (Å²) < 4.78 is 0. The van der Waals surface area contributed by atoms with Crippen LogP contribution in [0.25, 0.3) is 0 Å². The SMILES string of the molecule is Cc1ccc(N[C@@H]2c3ccccc3C(=O)N2c2ccccc2C)cc1. The molecular weight excluding hydrogens is 308 g/mol. The standard InChI is InChI=1S/C22H20N2O/c1-15-11-13-17(14-12-15)23-21-18-8-4-5-9-19(18)22(25)24(21)20-10-6-3-7-16(20)2/h3-14,21,23H,1-2H3/t21-/m0/s1. The predicted octanol–water partition coefficient (Wildman–Crippen LogP) is 5.07. The number of aryl methyl sites for hydroxylation is 2. The van der Waals surface area contributed by atoms with Gasteiger partial charge in [-0.15, -0.1) is 0 Å². The monoisotopic (exact) mass is 328 g/mol. The highest BCUT2D eigenvalue weighted by atomic mass is 16.2. The van der Waals surface area contributed by atoms with Gasteiger partial charge in [-0.3, -0.25) is 9.69 Å². The smallest absolute Gasteiger partial charge is 0.260 e. The van der Waals surface area contributed by atoms with Gasteiger partial charge in [0.2, 0.25) is 0 Å². The summed E-state index contributed by atoms with van der Waals surface area (Å²) in [7, 11) is 0. The zero-order chi connectivity index (χ0) is 17.4. The topological polar surface area (TPSA) is 32.3 Å². The Morgan fingerprint density at radius 3 is 2.28 bits per heavy atom. The molecule has 3 nitrogen and oxygen atoms in total. The Labute approximate surface area is 147 Å². The van der Waals surface area contributed by atoms with Crippen molar-refractivity contribution in [3.05, 3.63) is 95.1 Å². The van der Waals surface area contributed by atoms with Gasteiger partial charge in [0.25, 0.3) is 5.91 Å². The summed E-state index contributed by atoms with van der Waals surface area (Å²) in [5.74, 6) is 0.0366. The van der Waals surface area contributed by atoms with Crippen LogP contribution in [0.1, 0.15) is 33.2 Å². The van der Waals surface area contributed by atoms with Gasteiger partial charge in [0.05, 0.1) is 0 Å². The van der Waals surface area contributed by atoms with Gasteiger partial charge in [-0.25, -0.2) is 0 Å². The minimum atomic E-state index is -0.215. The van der Waals surface area contributed by atoms with Gasteiger partial charge in [-0.05, 0) is 43.7 Å². The van der Waals surface area contributed by atoms with E-state index in [2.05, 4.69) is 36.5 Å². The second-order valence-electron chi connectivity index (χ2n) is 6.46. The number of carbonyl (C=O) groups is 1. The van der Waals surface area contributed by atoms with Crippen LogP contribution in [0.4, 0.5) is 11.4 Å². The number of nitrogens with zero attached hydrogens (tertiary/aromatic N) is 1. The molecule has 1 aliphatic rings. The third kappa shape index (κ3) is 2.68. The lowest BCUT2D eigenvalue weighted by molar-refractivity contribution is 0.0993. The lowest BCUT2D eigenvalue weighted by Crippen LogP contribution is -2.32. The number of benzene rings is 3. The van der Waals surface area contributed by atoms with E-state index in [-0.39, 0.29) is 12.1 Å². The first-order valence-corrected chi connectivity index (χ1v) is 8.46. The first-order valence-electron chi connectivity index (χ1n) is 8.46. The Balaban J connectivity index is 1.80. The van der Waals surface area contributed by atoms with Crippen molar-refractivity contribution in [1.82, 2.24) is 0 Å². The predicted molar refractivity (Wildman–Crippen MR) is 102 cm³/mol. The maximum Gasteiger partial charge on any atom is 0.260 e. The number of carbonyl (C=O) groups excluding carboxylic acids is 1. The number of para-hydroxylation sites is 1. The summed E-state index contributed by atoms with van der Waals surface area (Å²) in [6.07, 6.45) is -0.215.